The van der Waals surface area contributed by atoms with Crippen LogP contribution in [0.1, 0.15) is 50.0 Å². The smallest absolute Gasteiger partial charge is 0.227 e. The number of nitrogens with zero attached hydrogens (tertiary/aromatic N) is 1. The van der Waals surface area contributed by atoms with Gasteiger partial charge in [0.15, 0.2) is 0 Å². The minimum Gasteiger partial charge on any atom is -0.412 e. The number of halogens is 3. The van der Waals surface area contributed by atoms with Gasteiger partial charge in [-0.25, -0.2) is 8.78 Å². The van der Waals surface area contributed by atoms with Gasteiger partial charge >= 0.3 is 0 Å². The Labute approximate surface area is 206 Å². The number of likely N-dealkylation sites (tertiary alicyclic amines) is 1. The predicted octanol–water partition coefficient (Wildman–Crippen LogP) is 5.01. The van der Waals surface area contributed by atoms with Crippen molar-refractivity contribution in [1.82, 2.24) is 10.2 Å². The summed E-state index contributed by atoms with van der Waals surface area (Å²) >= 11 is 1.76. The van der Waals surface area contributed by atoms with Gasteiger partial charge in [0.2, 0.25) is 5.91 Å². The summed E-state index contributed by atoms with van der Waals surface area (Å²) in [5.74, 6) is 0.581. The van der Waals surface area contributed by atoms with E-state index in [9.17, 15) is 13.6 Å². The van der Waals surface area contributed by atoms with E-state index < -0.39 is 0 Å². The molecule has 1 aliphatic rings. The number of hydrogen-bond acceptors (Lipinski definition) is 3. The van der Waals surface area contributed by atoms with Crippen molar-refractivity contribution in [3.8, 4) is 0 Å². The lowest BCUT2D eigenvalue weighted by molar-refractivity contribution is -0.140. The monoisotopic (exact) mass is 500 g/mol. The van der Waals surface area contributed by atoms with E-state index in [1.165, 1.54) is 24.3 Å². The number of thioether (sulfide) groups is 1. The van der Waals surface area contributed by atoms with Crippen LogP contribution in [-0.2, 0) is 4.79 Å². The van der Waals surface area contributed by atoms with Crippen LogP contribution in [0, 0.1) is 17.0 Å². The fourth-order valence-electron chi connectivity index (χ4n) is 3.86. The van der Waals surface area contributed by atoms with E-state index in [4.69, 9.17) is 0 Å². The lowest BCUT2D eigenvalue weighted by Crippen LogP contribution is -2.48. The lowest BCUT2D eigenvalue weighted by atomic mass is 9.93. The Morgan fingerprint density at radius 2 is 1.45 bits per heavy atom. The zero-order chi connectivity index (χ0) is 22.4. The SMILES string of the molecule is CC(C)(C)C(=O)N1CCC(NCCSC(c2ccc(F)cc2)c2ccc(F)cc2)CC1.Cl.O. The molecule has 1 fully saturated rings. The van der Waals surface area contributed by atoms with Crippen molar-refractivity contribution in [2.45, 2.75) is 44.9 Å². The molecule has 0 radical (unpaired) electrons. The summed E-state index contributed by atoms with van der Waals surface area (Å²) in [5, 5.41) is 3.64. The van der Waals surface area contributed by atoms with Gasteiger partial charge in [0.05, 0.1) is 5.25 Å². The number of amides is 1. The standard InChI is InChI=1S/C25H32F2N2OS.ClH.H2O/c1-25(2,3)24(30)29-15-12-22(13-16-29)28-14-17-31-23(18-4-8-20(26)9-5-18)19-6-10-21(27)11-7-19;;/h4-11,22-23,28H,12-17H2,1-3H3;1H;1H2. The largest absolute Gasteiger partial charge is 0.412 e. The second-order valence-electron chi connectivity index (χ2n) is 9.12. The Kier molecular flexibility index (Phi) is 11.8. The minimum atomic E-state index is -0.327. The summed E-state index contributed by atoms with van der Waals surface area (Å²) in [6, 6.07) is 13.5. The molecule has 1 amide bonds. The molecule has 3 N–H and O–H groups in total. The minimum absolute atomic E-state index is 0. The van der Waals surface area contributed by atoms with Crippen molar-refractivity contribution in [1.29, 1.82) is 0 Å². The molecular weight excluding hydrogens is 466 g/mol. The van der Waals surface area contributed by atoms with E-state index in [0.29, 0.717) is 6.04 Å². The summed E-state index contributed by atoms with van der Waals surface area (Å²) in [5.41, 5.74) is 1.69. The molecule has 1 heterocycles. The van der Waals surface area contributed by atoms with Crippen molar-refractivity contribution in [3.63, 3.8) is 0 Å². The second kappa shape index (κ2) is 13.3. The molecule has 0 atom stereocenters. The van der Waals surface area contributed by atoms with Gasteiger partial charge in [0, 0.05) is 36.8 Å². The van der Waals surface area contributed by atoms with Crippen LogP contribution in [0.15, 0.2) is 48.5 Å². The van der Waals surface area contributed by atoms with E-state index in [-0.39, 0.29) is 46.1 Å². The highest BCUT2D eigenvalue weighted by molar-refractivity contribution is 7.99. The van der Waals surface area contributed by atoms with Crippen molar-refractivity contribution in [2.24, 2.45) is 5.41 Å². The molecule has 8 heteroatoms. The average Bonchev–Trinajstić information content (AvgIpc) is 2.75. The Bertz CT molecular complexity index is 807. The maximum absolute atomic E-state index is 13.4. The van der Waals surface area contributed by atoms with Gasteiger partial charge in [-0.1, -0.05) is 45.0 Å². The van der Waals surface area contributed by atoms with E-state index in [2.05, 4.69) is 5.32 Å². The first-order valence-corrected chi connectivity index (χ1v) is 11.9. The number of rotatable bonds is 7. The van der Waals surface area contributed by atoms with Crippen LogP contribution in [0.4, 0.5) is 8.78 Å². The first kappa shape index (κ1) is 29.4. The van der Waals surface area contributed by atoms with Crippen LogP contribution in [-0.4, -0.2) is 47.7 Å². The number of carbonyl (C=O) groups is 1. The molecule has 0 saturated carbocycles. The Morgan fingerprint density at radius 1 is 1.00 bits per heavy atom. The molecule has 0 bridgehead atoms. The van der Waals surface area contributed by atoms with Crippen molar-refractivity contribution >= 4 is 30.1 Å². The Hall–Kier alpha value is -1.67. The molecule has 2 aromatic carbocycles. The molecule has 1 aliphatic heterocycles. The van der Waals surface area contributed by atoms with Gasteiger partial charge in [0.1, 0.15) is 11.6 Å². The van der Waals surface area contributed by atoms with Gasteiger partial charge in [-0.05, 0) is 48.2 Å². The third-order valence-corrected chi connectivity index (χ3v) is 6.91. The van der Waals surface area contributed by atoms with Crippen LogP contribution in [0.5, 0.6) is 0 Å². The molecule has 1 saturated heterocycles. The molecule has 33 heavy (non-hydrogen) atoms. The zero-order valence-electron chi connectivity index (χ0n) is 19.4. The number of benzene rings is 2. The first-order chi connectivity index (χ1) is 14.7. The molecular formula is C25H35ClF2N2O2S. The van der Waals surface area contributed by atoms with Gasteiger partial charge in [-0.2, -0.15) is 0 Å². The molecule has 0 unspecified atom stereocenters. The van der Waals surface area contributed by atoms with Crippen LogP contribution in [0.25, 0.3) is 0 Å². The second-order valence-corrected chi connectivity index (χ2v) is 10.3. The number of carbonyl (C=O) groups excluding carboxylic acids is 1. The van der Waals surface area contributed by atoms with Gasteiger partial charge in [-0.15, -0.1) is 24.2 Å². The molecule has 0 aliphatic carbocycles. The lowest BCUT2D eigenvalue weighted by Gasteiger charge is -2.36. The third kappa shape index (κ3) is 8.56. The van der Waals surface area contributed by atoms with Crippen LogP contribution in [0.3, 0.4) is 0 Å². The molecule has 3 rings (SSSR count). The van der Waals surface area contributed by atoms with Crippen molar-refractivity contribution in [3.05, 3.63) is 71.3 Å². The van der Waals surface area contributed by atoms with Gasteiger partial charge in [-0.3, -0.25) is 4.79 Å². The highest BCUT2D eigenvalue weighted by Gasteiger charge is 2.30. The highest BCUT2D eigenvalue weighted by atomic mass is 35.5. The van der Waals surface area contributed by atoms with E-state index >= 15 is 0 Å². The summed E-state index contributed by atoms with van der Waals surface area (Å²) in [6.45, 7) is 8.35. The Balaban J connectivity index is 0.00000272. The van der Waals surface area contributed by atoms with E-state index in [1.54, 1.807) is 36.0 Å². The van der Waals surface area contributed by atoms with E-state index in [1.807, 2.05) is 25.7 Å². The zero-order valence-corrected chi connectivity index (χ0v) is 21.1. The molecule has 184 valence electrons. The van der Waals surface area contributed by atoms with Crippen LogP contribution >= 0.6 is 24.2 Å². The van der Waals surface area contributed by atoms with Gasteiger partial charge < -0.3 is 15.7 Å². The molecule has 2 aromatic rings. The van der Waals surface area contributed by atoms with Gasteiger partial charge in [0.25, 0.3) is 0 Å². The normalized spacial score (nSPS) is 14.5. The van der Waals surface area contributed by atoms with Crippen molar-refractivity contribution in [2.75, 3.05) is 25.4 Å². The fraction of sp³-hybridized carbons (Fsp3) is 0.480. The quantitative estimate of drug-likeness (QED) is 0.543. The summed E-state index contributed by atoms with van der Waals surface area (Å²) < 4.78 is 26.7. The van der Waals surface area contributed by atoms with Crippen LogP contribution in [0.2, 0.25) is 0 Å². The molecule has 0 spiro atoms. The summed E-state index contributed by atoms with van der Waals surface area (Å²) in [4.78, 5) is 14.4. The number of piperidine rings is 1. The predicted molar refractivity (Wildman–Crippen MR) is 135 cm³/mol. The number of nitrogens with one attached hydrogen (secondary N) is 1. The average molecular weight is 501 g/mol. The molecule has 0 aromatic heterocycles. The fourth-order valence-corrected chi connectivity index (χ4v) is 5.03. The third-order valence-electron chi connectivity index (χ3n) is 5.59. The summed E-state index contributed by atoms with van der Waals surface area (Å²) in [7, 11) is 0. The molecule has 4 nitrogen and oxygen atoms in total. The van der Waals surface area contributed by atoms with E-state index in [0.717, 1.165) is 49.4 Å². The first-order valence-electron chi connectivity index (χ1n) is 10.9. The maximum atomic E-state index is 13.4. The maximum Gasteiger partial charge on any atom is 0.227 e. The summed E-state index contributed by atoms with van der Waals surface area (Å²) in [6.07, 6.45) is 1.93. The topological polar surface area (TPSA) is 63.8 Å². The van der Waals surface area contributed by atoms with Crippen molar-refractivity contribution < 1.29 is 19.1 Å². The van der Waals surface area contributed by atoms with Crippen LogP contribution < -0.4 is 5.32 Å². The Morgan fingerprint density at radius 3 is 1.88 bits per heavy atom. The highest BCUT2D eigenvalue weighted by Crippen LogP contribution is 2.35. The number of hydrogen-bond donors (Lipinski definition) is 1.